The number of hydrogen-bond donors (Lipinski definition) is 3. The van der Waals surface area contributed by atoms with Crippen LogP contribution in [0.4, 0.5) is 5.69 Å². The molecule has 0 aliphatic rings. The van der Waals surface area contributed by atoms with Crippen LogP contribution in [0.15, 0.2) is 72.8 Å². The Labute approximate surface area is 169 Å². The van der Waals surface area contributed by atoms with Crippen LogP contribution < -0.4 is 11.1 Å². The number of carbonyl (C=O) groups is 1. The van der Waals surface area contributed by atoms with Gasteiger partial charge in [0.1, 0.15) is 0 Å². The molecule has 0 spiro atoms. The molecule has 4 rings (SSSR count). The molecule has 0 amide bonds. The zero-order valence-electron chi connectivity index (χ0n) is 15.3. The van der Waals surface area contributed by atoms with E-state index in [1.54, 1.807) is 0 Å². The van der Waals surface area contributed by atoms with Gasteiger partial charge in [0.25, 0.3) is 0 Å². The van der Waals surface area contributed by atoms with Gasteiger partial charge in [0, 0.05) is 28.8 Å². The zero-order chi connectivity index (χ0) is 19.5. The van der Waals surface area contributed by atoms with E-state index >= 15 is 0 Å². The van der Waals surface area contributed by atoms with Gasteiger partial charge in [-0.2, -0.15) is 12.6 Å². The summed E-state index contributed by atoms with van der Waals surface area (Å²) in [7, 11) is 0. The van der Waals surface area contributed by atoms with Crippen molar-refractivity contribution in [1.29, 1.82) is 0 Å². The number of rotatable bonds is 6. The van der Waals surface area contributed by atoms with Gasteiger partial charge in [-0.1, -0.05) is 48.5 Å². The molecule has 5 heteroatoms. The Morgan fingerprint density at radius 3 is 2.54 bits per heavy atom. The van der Waals surface area contributed by atoms with Crippen LogP contribution in [0.5, 0.6) is 0 Å². The van der Waals surface area contributed by atoms with Crippen molar-refractivity contribution in [3.8, 4) is 0 Å². The molecule has 1 heterocycles. The third kappa shape index (κ3) is 3.59. The second-order valence-electron chi connectivity index (χ2n) is 6.73. The topological polar surface area (TPSA) is 68.0 Å². The fraction of sp³-hybridized carbons (Fsp3) is 0.130. The number of nitrogens with zero attached hydrogens (tertiary/aromatic N) is 1. The van der Waals surface area contributed by atoms with Gasteiger partial charge in [0.2, 0.25) is 0 Å². The van der Waals surface area contributed by atoms with Crippen LogP contribution in [0.3, 0.4) is 0 Å². The number of aromatic nitrogens is 1. The highest BCUT2D eigenvalue weighted by atomic mass is 32.1. The first-order chi connectivity index (χ1) is 13.7. The first kappa shape index (κ1) is 18.5. The van der Waals surface area contributed by atoms with Crippen LogP contribution in [0, 0.1) is 0 Å². The van der Waals surface area contributed by atoms with Crippen molar-refractivity contribution in [2.75, 3.05) is 11.1 Å². The predicted octanol–water partition coefficient (Wildman–Crippen LogP) is 4.44. The summed E-state index contributed by atoms with van der Waals surface area (Å²) in [6.07, 6.45) is 0. The molecule has 1 atom stereocenters. The molecule has 0 unspecified atom stereocenters. The lowest BCUT2D eigenvalue weighted by molar-refractivity contribution is 0.0972. The number of hydrogen-bond acceptors (Lipinski definition) is 5. The van der Waals surface area contributed by atoms with E-state index in [-0.39, 0.29) is 11.5 Å². The van der Waals surface area contributed by atoms with E-state index in [1.165, 1.54) is 0 Å². The second kappa shape index (κ2) is 8.00. The molecular weight excluding hydrogens is 366 g/mol. The highest BCUT2D eigenvalue weighted by Gasteiger charge is 2.21. The smallest absolute Gasteiger partial charge is 0.183 e. The molecule has 1 aromatic heterocycles. The molecule has 140 valence electrons. The minimum absolute atomic E-state index is 0.131. The Kier molecular flexibility index (Phi) is 5.28. The molecular formula is C23H21N3OS. The summed E-state index contributed by atoms with van der Waals surface area (Å²) >= 11 is 4.22. The van der Waals surface area contributed by atoms with Crippen LogP contribution in [-0.2, 0) is 6.54 Å². The molecule has 3 aromatic carbocycles. The lowest BCUT2D eigenvalue weighted by Gasteiger charge is -2.17. The molecule has 0 aliphatic carbocycles. The Hall–Kier alpha value is -2.89. The fourth-order valence-corrected chi connectivity index (χ4v) is 3.49. The average Bonchev–Trinajstić information content (AvgIpc) is 2.75. The maximum atomic E-state index is 13.1. The van der Waals surface area contributed by atoms with Crippen molar-refractivity contribution in [2.24, 2.45) is 5.73 Å². The van der Waals surface area contributed by atoms with Crippen LogP contribution >= 0.6 is 12.6 Å². The number of fused-ring (bicyclic) bond motifs is 2. The molecule has 4 aromatic rings. The van der Waals surface area contributed by atoms with E-state index < -0.39 is 6.04 Å². The SMILES string of the molecule is N[C@@H](CS)C(=O)c1c(NCc2ccccc2)ccc2nc3ccccc3cc12. The van der Waals surface area contributed by atoms with Gasteiger partial charge in [-0.25, -0.2) is 4.98 Å². The van der Waals surface area contributed by atoms with Gasteiger partial charge in [-0.3, -0.25) is 4.79 Å². The number of ketones is 1. The lowest BCUT2D eigenvalue weighted by Crippen LogP contribution is -2.33. The van der Waals surface area contributed by atoms with Crippen molar-refractivity contribution < 1.29 is 4.79 Å². The molecule has 0 aliphatic heterocycles. The maximum absolute atomic E-state index is 13.1. The number of carbonyl (C=O) groups excluding carboxylic acids is 1. The normalized spacial score (nSPS) is 12.2. The summed E-state index contributed by atoms with van der Waals surface area (Å²) in [6, 6.07) is 23.2. The Morgan fingerprint density at radius 2 is 1.75 bits per heavy atom. The van der Waals surface area contributed by atoms with Crippen molar-refractivity contribution in [3.05, 3.63) is 83.9 Å². The highest BCUT2D eigenvalue weighted by molar-refractivity contribution is 7.80. The van der Waals surface area contributed by atoms with Gasteiger partial charge >= 0.3 is 0 Å². The largest absolute Gasteiger partial charge is 0.380 e. The maximum Gasteiger partial charge on any atom is 0.183 e. The van der Waals surface area contributed by atoms with E-state index in [4.69, 9.17) is 10.7 Å². The van der Waals surface area contributed by atoms with Crippen molar-refractivity contribution >= 4 is 45.9 Å². The summed E-state index contributed by atoms with van der Waals surface area (Å²) in [5.74, 6) is 0.155. The molecule has 4 nitrogen and oxygen atoms in total. The standard InChI is InChI=1S/C23H21N3OS/c24-18(14-28)23(27)22-17-12-16-8-4-5-9-19(16)26-20(17)10-11-21(22)25-13-15-6-2-1-3-7-15/h1-12,18,25,28H,13-14,24H2/t18-/m0/s1. The number of Topliss-reactive ketones (excluding diaryl/α,β-unsaturated/α-hetero) is 1. The van der Waals surface area contributed by atoms with E-state index in [0.717, 1.165) is 33.1 Å². The zero-order valence-corrected chi connectivity index (χ0v) is 16.2. The van der Waals surface area contributed by atoms with E-state index in [2.05, 4.69) is 17.9 Å². The fourth-order valence-electron chi connectivity index (χ4n) is 3.32. The van der Waals surface area contributed by atoms with Gasteiger partial charge in [0.05, 0.1) is 22.6 Å². The summed E-state index contributed by atoms with van der Waals surface area (Å²) in [4.78, 5) is 17.8. The third-order valence-corrected chi connectivity index (χ3v) is 5.20. The molecule has 0 radical (unpaired) electrons. The predicted molar refractivity (Wildman–Crippen MR) is 119 cm³/mol. The van der Waals surface area contributed by atoms with Gasteiger partial charge < -0.3 is 11.1 Å². The second-order valence-corrected chi connectivity index (χ2v) is 7.09. The third-order valence-electron chi connectivity index (χ3n) is 4.81. The lowest BCUT2D eigenvalue weighted by atomic mass is 9.97. The number of nitrogens with two attached hydrogens (primary N) is 1. The molecule has 0 saturated carbocycles. The van der Waals surface area contributed by atoms with Crippen LogP contribution in [0.2, 0.25) is 0 Å². The van der Waals surface area contributed by atoms with Crippen molar-refractivity contribution in [1.82, 2.24) is 4.98 Å². The number of thiol groups is 1. The minimum Gasteiger partial charge on any atom is -0.380 e. The molecule has 0 fully saturated rings. The quantitative estimate of drug-likeness (QED) is 0.260. The number of benzene rings is 3. The Balaban J connectivity index is 1.85. The van der Waals surface area contributed by atoms with Crippen LogP contribution in [0.25, 0.3) is 21.8 Å². The van der Waals surface area contributed by atoms with E-state index in [1.807, 2.05) is 72.8 Å². The van der Waals surface area contributed by atoms with Crippen molar-refractivity contribution in [3.63, 3.8) is 0 Å². The van der Waals surface area contributed by atoms with Gasteiger partial charge in [-0.05, 0) is 29.8 Å². The summed E-state index contributed by atoms with van der Waals surface area (Å²) in [5, 5.41) is 5.19. The van der Waals surface area contributed by atoms with Crippen molar-refractivity contribution in [2.45, 2.75) is 12.6 Å². The summed E-state index contributed by atoms with van der Waals surface area (Å²) < 4.78 is 0. The highest BCUT2D eigenvalue weighted by Crippen LogP contribution is 2.30. The number of para-hydroxylation sites is 1. The van der Waals surface area contributed by atoms with Gasteiger partial charge in [-0.15, -0.1) is 0 Å². The monoisotopic (exact) mass is 387 g/mol. The first-order valence-corrected chi connectivity index (χ1v) is 9.81. The van der Waals surface area contributed by atoms with Crippen LogP contribution in [-0.4, -0.2) is 22.6 Å². The molecule has 0 bridgehead atoms. The van der Waals surface area contributed by atoms with Gasteiger partial charge in [0.15, 0.2) is 5.78 Å². The minimum atomic E-state index is -0.669. The molecule has 0 saturated heterocycles. The summed E-state index contributed by atoms with van der Waals surface area (Å²) in [5.41, 5.74) is 10.2. The van der Waals surface area contributed by atoms with Crippen LogP contribution in [0.1, 0.15) is 15.9 Å². The number of pyridine rings is 1. The van der Waals surface area contributed by atoms with E-state index in [9.17, 15) is 4.79 Å². The number of anilines is 1. The Bertz CT molecular complexity index is 1140. The molecule has 3 N–H and O–H groups in total. The Morgan fingerprint density at radius 1 is 1.00 bits per heavy atom. The average molecular weight is 388 g/mol. The first-order valence-electron chi connectivity index (χ1n) is 9.18. The van der Waals surface area contributed by atoms with E-state index in [0.29, 0.717) is 12.1 Å². The number of nitrogens with one attached hydrogen (secondary N) is 1. The molecule has 28 heavy (non-hydrogen) atoms. The summed E-state index contributed by atoms with van der Waals surface area (Å²) in [6.45, 7) is 0.615.